The van der Waals surface area contributed by atoms with Crippen LogP contribution in [-0.4, -0.2) is 35.9 Å². The number of fused-ring (bicyclic) bond motifs is 1. The highest BCUT2D eigenvalue weighted by Crippen LogP contribution is 2.44. The fourth-order valence-corrected chi connectivity index (χ4v) is 6.06. The molecule has 0 aliphatic carbocycles. The minimum Gasteiger partial charge on any atom is -0.396 e. The largest absolute Gasteiger partial charge is 0.396 e. The predicted octanol–water partition coefficient (Wildman–Crippen LogP) is 5.41. The van der Waals surface area contributed by atoms with Crippen LogP contribution in [0.4, 0.5) is 0 Å². The molecule has 2 atom stereocenters. The molecule has 1 aliphatic heterocycles. The second-order valence-electron chi connectivity index (χ2n) is 10.2. The number of pyridine rings is 1. The number of hydrogen-bond acceptors (Lipinski definition) is 4. The van der Waals surface area contributed by atoms with Crippen molar-refractivity contribution in [1.29, 1.82) is 0 Å². The molecule has 7 heteroatoms. The van der Waals surface area contributed by atoms with Crippen molar-refractivity contribution >= 4 is 23.0 Å². The summed E-state index contributed by atoms with van der Waals surface area (Å²) in [7, 11) is -1.31. The molecule has 0 fully saturated rings. The number of allylic oxidation sites excluding steroid dienone is 1. The molecule has 1 aliphatic rings. The summed E-state index contributed by atoms with van der Waals surface area (Å²) < 4.78 is 15.0. The zero-order valence-corrected chi connectivity index (χ0v) is 22.7. The van der Waals surface area contributed by atoms with E-state index in [-0.39, 0.29) is 18.6 Å². The van der Waals surface area contributed by atoms with Crippen molar-refractivity contribution in [2.45, 2.75) is 58.0 Å². The van der Waals surface area contributed by atoms with E-state index in [0.29, 0.717) is 30.9 Å². The van der Waals surface area contributed by atoms with Gasteiger partial charge in [0.1, 0.15) is 16.7 Å². The number of carbonyl (C=O) groups excluding carboxylic acids is 1. The van der Waals surface area contributed by atoms with Crippen LogP contribution in [0.5, 0.6) is 0 Å². The van der Waals surface area contributed by atoms with E-state index in [1.165, 1.54) is 0 Å². The van der Waals surface area contributed by atoms with Gasteiger partial charge in [-0.3, -0.25) is 4.79 Å². The molecular weight excluding hydrogens is 482 g/mol. The highest BCUT2D eigenvalue weighted by molar-refractivity contribution is 7.84. The average Bonchev–Trinajstić information content (AvgIpc) is 3.25. The summed E-state index contributed by atoms with van der Waals surface area (Å²) in [6.07, 6.45) is 4.43. The zero-order chi connectivity index (χ0) is 26.6. The van der Waals surface area contributed by atoms with Crippen molar-refractivity contribution in [2.75, 3.05) is 6.61 Å². The number of rotatable bonds is 8. The Morgan fingerprint density at radius 1 is 1.16 bits per heavy atom. The maximum atomic E-state index is 13.5. The first-order chi connectivity index (χ1) is 17.7. The van der Waals surface area contributed by atoms with Crippen molar-refractivity contribution in [1.82, 2.24) is 14.6 Å². The Balaban J connectivity index is 1.80. The summed E-state index contributed by atoms with van der Waals surface area (Å²) in [6.45, 7) is 8.60. The molecule has 2 N–H and O–H groups in total. The first-order valence-electron chi connectivity index (χ1n) is 12.6. The molecule has 1 amide bonds. The second-order valence-corrected chi connectivity index (χ2v) is 12.4. The van der Waals surface area contributed by atoms with E-state index in [2.05, 4.69) is 5.32 Å². The van der Waals surface area contributed by atoms with Crippen LogP contribution in [0.2, 0.25) is 0 Å². The van der Waals surface area contributed by atoms with Crippen LogP contribution in [0.15, 0.2) is 66.7 Å². The van der Waals surface area contributed by atoms with Crippen LogP contribution in [0.3, 0.4) is 0 Å². The SMILES string of the molecule is C/C=C/c1cccc(-c2nc(C(=O)NCc3ccccc3)cc3c2[C@H](CCO)N([S@@](=O)C(C)(C)C)C3)c1. The maximum absolute atomic E-state index is 13.5. The Kier molecular flexibility index (Phi) is 8.37. The van der Waals surface area contributed by atoms with Gasteiger partial charge in [-0.05, 0) is 62.9 Å². The van der Waals surface area contributed by atoms with Gasteiger partial charge in [0.15, 0.2) is 0 Å². The van der Waals surface area contributed by atoms with Gasteiger partial charge in [-0.25, -0.2) is 13.5 Å². The molecule has 194 valence electrons. The number of aromatic nitrogens is 1. The third-order valence-electron chi connectivity index (χ3n) is 6.34. The summed E-state index contributed by atoms with van der Waals surface area (Å²) in [5.41, 5.74) is 5.79. The number of amides is 1. The maximum Gasteiger partial charge on any atom is 0.270 e. The lowest BCUT2D eigenvalue weighted by molar-refractivity contribution is 0.0946. The van der Waals surface area contributed by atoms with E-state index < -0.39 is 15.7 Å². The van der Waals surface area contributed by atoms with Crippen molar-refractivity contribution < 1.29 is 14.1 Å². The summed E-state index contributed by atoms with van der Waals surface area (Å²) >= 11 is 0. The van der Waals surface area contributed by atoms with E-state index in [4.69, 9.17) is 4.98 Å². The molecule has 1 aromatic heterocycles. The molecule has 3 aromatic rings. The smallest absolute Gasteiger partial charge is 0.270 e. The van der Waals surface area contributed by atoms with Crippen LogP contribution in [0.1, 0.15) is 72.9 Å². The van der Waals surface area contributed by atoms with Gasteiger partial charge in [-0.2, -0.15) is 0 Å². The first-order valence-corrected chi connectivity index (χ1v) is 13.7. The van der Waals surface area contributed by atoms with E-state index in [1.807, 2.05) is 105 Å². The minimum absolute atomic E-state index is 0.0423. The Morgan fingerprint density at radius 3 is 2.59 bits per heavy atom. The van der Waals surface area contributed by atoms with Crippen LogP contribution >= 0.6 is 0 Å². The van der Waals surface area contributed by atoms with Gasteiger partial charge < -0.3 is 10.4 Å². The summed E-state index contributed by atoms with van der Waals surface area (Å²) in [5.74, 6) is -0.258. The van der Waals surface area contributed by atoms with Crippen LogP contribution in [-0.2, 0) is 24.1 Å². The molecule has 0 unspecified atom stereocenters. The molecular formula is C30H35N3O3S. The van der Waals surface area contributed by atoms with Gasteiger partial charge >= 0.3 is 0 Å². The number of nitrogens with one attached hydrogen (secondary N) is 1. The topological polar surface area (TPSA) is 82.5 Å². The van der Waals surface area contributed by atoms with Gasteiger partial charge in [0.05, 0.1) is 16.5 Å². The Bertz CT molecular complexity index is 1320. The lowest BCUT2D eigenvalue weighted by Crippen LogP contribution is -2.36. The summed E-state index contributed by atoms with van der Waals surface area (Å²) in [5, 5.41) is 12.9. The molecule has 0 saturated carbocycles. The molecule has 6 nitrogen and oxygen atoms in total. The Morgan fingerprint density at radius 2 is 1.92 bits per heavy atom. The van der Waals surface area contributed by atoms with E-state index >= 15 is 0 Å². The van der Waals surface area contributed by atoms with Crippen molar-refractivity contribution in [2.24, 2.45) is 0 Å². The van der Waals surface area contributed by atoms with Crippen LogP contribution < -0.4 is 5.32 Å². The fraction of sp³-hybridized carbons (Fsp3) is 0.333. The minimum atomic E-state index is -1.31. The average molecular weight is 518 g/mol. The lowest BCUT2D eigenvalue weighted by Gasteiger charge is -2.30. The van der Waals surface area contributed by atoms with Gasteiger partial charge in [0.25, 0.3) is 5.91 Å². The number of benzene rings is 2. The Hall–Kier alpha value is -3.13. The van der Waals surface area contributed by atoms with Gasteiger partial charge in [0.2, 0.25) is 0 Å². The summed E-state index contributed by atoms with van der Waals surface area (Å²) in [6, 6.07) is 19.3. The van der Waals surface area contributed by atoms with E-state index in [0.717, 1.165) is 27.8 Å². The van der Waals surface area contributed by atoms with Crippen molar-refractivity contribution in [3.63, 3.8) is 0 Å². The quantitative estimate of drug-likeness (QED) is 0.418. The third kappa shape index (κ3) is 6.06. The van der Waals surface area contributed by atoms with Gasteiger partial charge in [0, 0.05) is 30.8 Å². The highest BCUT2D eigenvalue weighted by atomic mass is 32.2. The number of hydrogen-bond donors (Lipinski definition) is 2. The summed E-state index contributed by atoms with van der Waals surface area (Å²) in [4.78, 5) is 18.1. The molecule has 4 rings (SSSR count). The number of aliphatic hydroxyl groups is 1. The first kappa shape index (κ1) is 26.9. The van der Waals surface area contributed by atoms with Crippen molar-refractivity contribution in [3.05, 3.63) is 94.7 Å². The second kappa shape index (κ2) is 11.5. The van der Waals surface area contributed by atoms with Crippen LogP contribution in [0, 0.1) is 0 Å². The molecule has 0 radical (unpaired) electrons. The normalized spacial score (nSPS) is 16.6. The number of nitrogens with zero attached hydrogens (tertiary/aromatic N) is 2. The monoisotopic (exact) mass is 517 g/mol. The zero-order valence-electron chi connectivity index (χ0n) is 21.9. The van der Waals surface area contributed by atoms with E-state index in [1.54, 1.807) is 0 Å². The standard InChI is InChI=1S/C30H35N3O3S/c1-5-10-21-13-9-14-23(17-21)28-27-24(20-33(26(27)15-16-34)37(36)30(2,3)4)18-25(32-28)29(35)31-19-22-11-7-6-8-12-22/h5-14,17-18,26,34H,15-16,19-20H2,1-4H3,(H,31,35)/b10-5+/t26-,37-/m0/s1. The molecule has 2 aromatic carbocycles. The van der Waals surface area contributed by atoms with E-state index in [9.17, 15) is 14.1 Å². The lowest BCUT2D eigenvalue weighted by atomic mass is 9.95. The molecule has 0 saturated heterocycles. The van der Waals surface area contributed by atoms with Gasteiger partial charge in [-0.15, -0.1) is 0 Å². The molecule has 2 heterocycles. The van der Waals surface area contributed by atoms with Crippen molar-refractivity contribution in [3.8, 4) is 11.3 Å². The van der Waals surface area contributed by atoms with Gasteiger partial charge in [-0.1, -0.05) is 60.7 Å². The number of aliphatic hydroxyl groups excluding tert-OH is 1. The molecule has 0 bridgehead atoms. The highest BCUT2D eigenvalue weighted by Gasteiger charge is 2.40. The molecule has 0 spiro atoms. The molecule has 37 heavy (non-hydrogen) atoms. The Labute approximate surface area is 222 Å². The van der Waals surface area contributed by atoms with Crippen LogP contribution in [0.25, 0.3) is 17.3 Å². The number of carbonyl (C=O) groups is 1. The predicted molar refractivity (Wildman–Crippen MR) is 150 cm³/mol. The third-order valence-corrected chi connectivity index (χ3v) is 8.20. The fourth-order valence-electron chi connectivity index (χ4n) is 4.66.